The minimum Gasteiger partial charge on any atom is -0.477 e. The highest BCUT2D eigenvalue weighted by Crippen LogP contribution is 2.15. The molecule has 1 N–H and O–H groups in total. The van der Waals surface area contributed by atoms with Crippen molar-refractivity contribution in [1.82, 2.24) is 15.3 Å². The summed E-state index contributed by atoms with van der Waals surface area (Å²) in [6.45, 7) is 2.94. The van der Waals surface area contributed by atoms with Crippen molar-refractivity contribution in [2.24, 2.45) is 5.92 Å². The van der Waals surface area contributed by atoms with Crippen LogP contribution in [0.25, 0.3) is 0 Å². The van der Waals surface area contributed by atoms with Crippen LogP contribution in [0, 0.1) is 5.92 Å². The quantitative estimate of drug-likeness (QED) is 0.638. The molecule has 0 spiro atoms. The van der Waals surface area contributed by atoms with Crippen molar-refractivity contribution in [2.45, 2.75) is 18.0 Å². The van der Waals surface area contributed by atoms with Crippen LogP contribution in [-0.2, 0) is 0 Å². The van der Waals surface area contributed by atoms with E-state index in [2.05, 4.69) is 15.3 Å². The molecule has 88 valence electrons. The number of piperidine rings is 1. The topological polar surface area (TPSA) is 47.0 Å². The molecule has 5 heteroatoms. The van der Waals surface area contributed by atoms with E-state index in [9.17, 15) is 0 Å². The van der Waals surface area contributed by atoms with E-state index in [-0.39, 0.29) is 0 Å². The Morgan fingerprint density at radius 2 is 2.56 bits per heavy atom. The summed E-state index contributed by atoms with van der Waals surface area (Å²) >= 11 is 1.53. The van der Waals surface area contributed by atoms with E-state index in [4.69, 9.17) is 4.74 Å². The van der Waals surface area contributed by atoms with Gasteiger partial charge in [-0.15, -0.1) is 0 Å². The van der Waals surface area contributed by atoms with Crippen molar-refractivity contribution in [2.75, 3.05) is 26.0 Å². The summed E-state index contributed by atoms with van der Waals surface area (Å²) in [5, 5.41) is 4.14. The molecule has 0 bridgehead atoms. The molecular formula is C11H17N3OS. The second-order valence-electron chi connectivity index (χ2n) is 3.90. The van der Waals surface area contributed by atoms with Crippen LogP contribution in [0.3, 0.4) is 0 Å². The van der Waals surface area contributed by atoms with Crippen LogP contribution in [0.15, 0.2) is 17.4 Å². The third kappa shape index (κ3) is 3.35. The van der Waals surface area contributed by atoms with Crippen molar-refractivity contribution in [3.05, 3.63) is 12.3 Å². The molecule has 1 aliphatic heterocycles. The van der Waals surface area contributed by atoms with Gasteiger partial charge < -0.3 is 10.1 Å². The molecular weight excluding hydrogens is 222 g/mol. The van der Waals surface area contributed by atoms with Crippen LogP contribution >= 0.6 is 11.8 Å². The van der Waals surface area contributed by atoms with Gasteiger partial charge in [0.2, 0.25) is 5.88 Å². The zero-order valence-electron chi connectivity index (χ0n) is 9.48. The van der Waals surface area contributed by atoms with E-state index in [0.29, 0.717) is 11.8 Å². The Labute approximate surface area is 100 Å². The van der Waals surface area contributed by atoms with Gasteiger partial charge in [-0.05, 0) is 25.6 Å². The molecule has 2 heterocycles. The summed E-state index contributed by atoms with van der Waals surface area (Å²) in [4.78, 5) is 8.40. The SMILES string of the molecule is CSc1nccc(OCC2CCCNC2)n1. The Balaban J connectivity index is 1.83. The monoisotopic (exact) mass is 239 g/mol. The molecule has 16 heavy (non-hydrogen) atoms. The Morgan fingerprint density at radius 1 is 1.62 bits per heavy atom. The molecule has 0 aliphatic carbocycles. The predicted octanol–water partition coefficient (Wildman–Crippen LogP) is 1.58. The van der Waals surface area contributed by atoms with E-state index in [0.717, 1.165) is 24.9 Å². The summed E-state index contributed by atoms with van der Waals surface area (Å²) < 4.78 is 5.68. The Kier molecular flexibility index (Phi) is 4.42. The van der Waals surface area contributed by atoms with Crippen molar-refractivity contribution in [3.8, 4) is 5.88 Å². The van der Waals surface area contributed by atoms with Gasteiger partial charge in [-0.2, -0.15) is 4.98 Å². The molecule has 1 unspecified atom stereocenters. The highest BCUT2D eigenvalue weighted by Gasteiger charge is 2.13. The fourth-order valence-electron chi connectivity index (χ4n) is 1.77. The number of thioether (sulfide) groups is 1. The fourth-order valence-corrected chi connectivity index (χ4v) is 2.12. The van der Waals surface area contributed by atoms with Crippen molar-refractivity contribution < 1.29 is 4.74 Å². The van der Waals surface area contributed by atoms with Crippen LogP contribution in [0.1, 0.15) is 12.8 Å². The van der Waals surface area contributed by atoms with Crippen LogP contribution in [0.2, 0.25) is 0 Å². The van der Waals surface area contributed by atoms with Gasteiger partial charge in [0, 0.05) is 24.7 Å². The molecule has 0 saturated carbocycles. The van der Waals surface area contributed by atoms with Gasteiger partial charge in [0.25, 0.3) is 0 Å². The molecule has 1 fully saturated rings. The number of nitrogens with zero attached hydrogens (tertiary/aromatic N) is 2. The molecule has 0 aromatic carbocycles. The van der Waals surface area contributed by atoms with Crippen LogP contribution < -0.4 is 10.1 Å². The molecule has 1 atom stereocenters. The Bertz CT molecular complexity index is 329. The lowest BCUT2D eigenvalue weighted by atomic mass is 10.0. The van der Waals surface area contributed by atoms with Gasteiger partial charge in [0.1, 0.15) is 0 Å². The molecule has 1 aliphatic rings. The lowest BCUT2D eigenvalue weighted by molar-refractivity contribution is 0.210. The first-order chi connectivity index (χ1) is 7.88. The molecule has 0 radical (unpaired) electrons. The van der Waals surface area contributed by atoms with Gasteiger partial charge in [0.05, 0.1) is 6.61 Å². The van der Waals surface area contributed by atoms with Crippen molar-refractivity contribution in [3.63, 3.8) is 0 Å². The second kappa shape index (κ2) is 6.06. The standard InChI is InChI=1S/C11H17N3OS/c1-16-11-13-6-4-10(14-11)15-8-9-3-2-5-12-7-9/h4,6,9,12H,2-3,5,7-8H2,1H3. The lowest BCUT2D eigenvalue weighted by Crippen LogP contribution is -2.33. The third-order valence-corrected chi connectivity index (χ3v) is 3.22. The molecule has 4 nitrogen and oxygen atoms in total. The van der Waals surface area contributed by atoms with E-state index in [1.807, 2.05) is 12.3 Å². The van der Waals surface area contributed by atoms with Crippen LogP contribution in [0.5, 0.6) is 5.88 Å². The summed E-state index contributed by atoms with van der Waals surface area (Å²) in [5.41, 5.74) is 0. The van der Waals surface area contributed by atoms with Gasteiger partial charge in [-0.3, -0.25) is 0 Å². The van der Waals surface area contributed by atoms with E-state index in [1.165, 1.54) is 24.6 Å². The Hall–Kier alpha value is -0.810. The largest absolute Gasteiger partial charge is 0.477 e. The zero-order valence-corrected chi connectivity index (χ0v) is 10.3. The van der Waals surface area contributed by atoms with E-state index >= 15 is 0 Å². The van der Waals surface area contributed by atoms with E-state index in [1.54, 1.807) is 6.20 Å². The second-order valence-corrected chi connectivity index (χ2v) is 4.68. The average Bonchev–Trinajstić information content (AvgIpc) is 2.38. The first-order valence-corrected chi connectivity index (χ1v) is 6.81. The van der Waals surface area contributed by atoms with Gasteiger partial charge in [-0.25, -0.2) is 4.98 Å². The molecule has 1 aromatic heterocycles. The summed E-state index contributed by atoms with van der Waals surface area (Å²) in [5.74, 6) is 1.30. The number of hydrogen-bond donors (Lipinski definition) is 1. The highest BCUT2D eigenvalue weighted by molar-refractivity contribution is 7.98. The fraction of sp³-hybridized carbons (Fsp3) is 0.636. The normalized spacial score (nSPS) is 20.7. The Morgan fingerprint density at radius 3 is 3.31 bits per heavy atom. The van der Waals surface area contributed by atoms with Gasteiger partial charge >= 0.3 is 0 Å². The number of aromatic nitrogens is 2. The van der Waals surface area contributed by atoms with E-state index < -0.39 is 0 Å². The maximum Gasteiger partial charge on any atom is 0.217 e. The molecule has 2 rings (SSSR count). The third-order valence-electron chi connectivity index (χ3n) is 2.66. The maximum absolute atomic E-state index is 5.68. The summed E-state index contributed by atoms with van der Waals surface area (Å²) in [6, 6.07) is 1.82. The minimum absolute atomic E-state index is 0.612. The molecule has 0 amide bonds. The smallest absolute Gasteiger partial charge is 0.217 e. The number of rotatable bonds is 4. The van der Waals surface area contributed by atoms with Gasteiger partial charge in [-0.1, -0.05) is 11.8 Å². The summed E-state index contributed by atoms with van der Waals surface area (Å²) in [7, 11) is 0. The maximum atomic E-state index is 5.68. The van der Waals surface area contributed by atoms with Crippen LogP contribution in [0.4, 0.5) is 0 Å². The minimum atomic E-state index is 0.612. The number of hydrogen-bond acceptors (Lipinski definition) is 5. The van der Waals surface area contributed by atoms with Gasteiger partial charge in [0.15, 0.2) is 5.16 Å². The first-order valence-electron chi connectivity index (χ1n) is 5.59. The highest BCUT2D eigenvalue weighted by atomic mass is 32.2. The lowest BCUT2D eigenvalue weighted by Gasteiger charge is -2.22. The number of ether oxygens (including phenoxy) is 1. The van der Waals surface area contributed by atoms with Crippen molar-refractivity contribution in [1.29, 1.82) is 0 Å². The first kappa shape index (κ1) is 11.7. The zero-order chi connectivity index (χ0) is 11.2. The molecule has 1 aromatic rings. The molecule has 1 saturated heterocycles. The predicted molar refractivity (Wildman–Crippen MR) is 64.9 cm³/mol. The summed E-state index contributed by atoms with van der Waals surface area (Å²) in [6.07, 6.45) is 6.19. The van der Waals surface area contributed by atoms with Crippen molar-refractivity contribution >= 4 is 11.8 Å². The number of nitrogens with one attached hydrogen (secondary N) is 1. The average molecular weight is 239 g/mol. The van der Waals surface area contributed by atoms with Crippen LogP contribution in [-0.4, -0.2) is 35.9 Å².